The molecule has 3 heterocycles. The number of hydrogen-bond donors (Lipinski definition) is 1. The molecule has 2 unspecified atom stereocenters. The zero-order chi connectivity index (χ0) is 11.0. The van der Waals surface area contributed by atoms with Crippen molar-refractivity contribution in [1.29, 1.82) is 0 Å². The van der Waals surface area contributed by atoms with E-state index in [0.29, 0.717) is 17.6 Å². The molecule has 6 heteroatoms. The van der Waals surface area contributed by atoms with Gasteiger partial charge in [0.05, 0.1) is 11.6 Å². The van der Waals surface area contributed by atoms with Crippen molar-refractivity contribution in [3.05, 3.63) is 16.8 Å². The maximum atomic E-state index is 5.28. The van der Waals surface area contributed by atoms with Gasteiger partial charge in [0.2, 0.25) is 11.7 Å². The van der Waals surface area contributed by atoms with Crippen LogP contribution >= 0.6 is 11.3 Å². The molecule has 1 fully saturated rings. The molecule has 1 aliphatic rings. The van der Waals surface area contributed by atoms with E-state index >= 15 is 0 Å². The van der Waals surface area contributed by atoms with Crippen LogP contribution in [-0.2, 0) is 0 Å². The Balaban J connectivity index is 1.88. The molecule has 0 bridgehead atoms. The molecule has 1 N–H and O–H groups in total. The molecule has 0 aromatic carbocycles. The Kier molecular flexibility index (Phi) is 2.45. The molecule has 2 atom stereocenters. The van der Waals surface area contributed by atoms with Gasteiger partial charge in [-0.2, -0.15) is 4.98 Å². The molecule has 0 radical (unpaired) electrons. The van der Waals surface area contributed by atoms with E-state index in [4.69, 9.17) is 4.52 Å². The first-order valence-electron chi connectivity index (χ1n) is 5.30. The minimum absolute atomic E-state index is 0.194. The van der Waals surface area contributed by atoms with Crippen LogP contribution in [-0.4, -0.2) is 21.7 Å². The predicted octanol–water partition coefficient (Wildman–Crippen LogP) is 1.86. The summed E-state index contributed by atoms with van der Waals surface area (Å²) in [4.78, 5) is 8.55. The molecule has 2 aromatic heterocycles. The highest BCUT2D eigenvalue weighted by Crippen LogP contribution is 2.28. The third-order valence-electron chi connectivity index (χ3n) is 2.90. The summed E-state index contributed by atoms with van der Waals surface area (Å²) in [7, 11) is 0. The van der Waals surface area contributed by atoms with Crippen molar-refractivity contribution in [2.45, 2.75) is 19.4 Å². The van der Waals surface area contributed by atoms with Gasteiger partial charge in [0.1, 0.15) is 5.69 Å². The van der Waals surface area contributed by atoms with Crippen molar-refractivity contribution < 1.29 is 4.52 Å². The molecule has 0 aliphatic carbocycles. The quantitative estimate of drug-likeness (QED) is 0.862. The van der Waals surface area contributed by atoms with Crippen molar-refractivity contribution in [2.75, 3.05) is 6.54 Å². The van der Waals surface area contributed by atoms with Gasteiger partial charge in [-0.3, -0.25) is 0 Å². The van der Waals surface area contributed by atoms with Crippen LogP contribution < -0.4 is 5.32 Å². The molecule has 84 valence electrons. The summed E-state index contributed by atoms with van der Waals surface area (Å²) in [6.45, 7) is 3.21. The molecule has 0 spiro atoms. The Labute approximate surface area is 96.9 Å². The van der Waals surface area contributed by atoms with E-state index < -0.39 is 0 Å². The summed E-state index contributed by atoms with van der Waals surface area (Å²) in [6.07, 6.45) is 1.15. The van der Waals surface area contributed by atoms with Gasteiger partial charge in [-0.25, -0.2) is 4.98 Å². The van der Waals surface area contributed by atoms with E-state index in [1.54, 1.807) is 5.51 Å². The summed E-state index contributed by atoms with van der Waals surface area (Å²) < 4.78 is 5.28. The van der Waals surface area contributed by atoms with E-state index in [0.717, 1.165) is 18.7 Å². The third kappa shape index (κ3) is 1.64. The zero-order valence-corrected chi connectivity index (χ0v) is 9.70. The highest BCUT2D eigenvalue weighted by atomic mass is 32.1. The van der Waals surface area contributed by atoms with Gasteiger partial charge in [-0.15, -0.1) is 11.3 Å². The average Bonchev–Trinajstić information content (AvgIpc) is 2.96. The fourth-order valence-corrected chi connectivity index (χ4v) is 2.48. The monoisotopic (exact) mass is 236 g/mol. The second-order valence-electron chi connectivity index (χ2n) is 4.03. The first-order chi connectivity index (χ1) is 7.84. The van der Waals surface area contributed by atoms with Gasteiger partial charge in [-0.05, 0) is 18.9 Å². The maximum absolute atomic E-state index is 5.28. The maximum Gasteiger partial charge on any atom is 0.244 e. The first kappa shape index (κ1) is 9.92. The van der Waals surface area contributed by atoms with E-state index in [-0.39, 0.29) is 6.04 Å². The highest BCUT2D eigenvalue weighted by molar-refractivity contribution is 7.07. The molecule has 2 aromatic rings. The molecular formula is C10H12N4OS. The summed E-state index contributed by atoms with van der Waals surface area (Å²) >= 11 is 1.53. The lowest BCUT2D eigenvalue weighted by Gasteiger charge is -2.08. The fraction of sp³-hybridized carbons (Fsp3) is 0.500. The molecule has 1 saturated heterocycles. The van der Waals surface area contributed by atoms with Gasteiger partial charge >= 0.3 is 0 Å². The smallest absolute Gasteiger partial charge is 0.244 e. The van der Waals surface area contributed by atoms with Crippen LogP contribution in [0.5, 0.6) is 0 Å². The Hall–Kier alpha value is -1.27. The predicted molar refractivity (Wildman–Crippen MR) is 59.9 cm³/mol. The standard InChI is InChI=1S/C10H12N4OS/c1-6-2-3-11-8(6)10-13-9(14-15-10)7-4-16-5-12-7/h4-6,8,11H,2-3H2,1H3. The summed E-state index contributed by atoms with van der Waals surface area (Å²) in [5.74, 6) is 1.80. The van der Waals surface area contributed by atoms with Crippen LogP contribution in [0.3, 0.4) is 0 Å². The van der Waals surface area contributed by atoms with Crippen LogP contribution in [0.15, 0.2) is 15.4 Å². The number of nitrogens with zero attached hydrogens (tertiary/aromatic N) is 3. The third-order valence-corrected chi connectivity index (χ3v) is 3.49. The minimum atomic E-state index is 0.194. The van der Waals surface area contributed by atoms with Crippen LogP contribution in [0.2, 0.25) is 0 Å². The minimum Gasteiger partial charge on any atom is -0.337 e. The van der Waals surface area contributed by atoms with Gasteiger partial charge < -0.3 is 9.84 Å². The Morgan fingerprint density at radius 3 is 3.19 bits per heavy atom. The summed E-state index contributed by atoms with van der Waals surface area (Å²) in [6, 6.07) is 0.194. The summed E-state index contributed by atoms with van der Waals surface area (Å²) in [5.41, 5.74) is 2.55. The molecule has 5 nitrogen and oxygen atoms in total. The van der Waals surface area contributed by atoms with Crippen LogP contribution in [0.25, 0.3) is 11.5 Å². The molecule has 0 saturated carbocycles. The normalized spacial score (nSPS) is 25.1. The molecule has 3 rings (SSSR count). The topological polar surface area (TPSA) is 63.8 Å². The molecular weight excluding hydrogens is 224 g/mol. The number of aromatic nitrogens is 3. The van der Waals surface area contributed by atoms with Gasteiger partial charge in [0, 0.05) is 5.38 Å². The lowest BCUT2D eigenvalue weighted by atomic mass is 10.0. The lowest BCUT2D eigenvalue weighted by Crippen LogP contribution is -2.16. The van der Waals surface area contributed by atoms with Crippen LogP contribution in [0.1, 0.15) is 25.3 Å². The van der Waals surface area contributed by atoms with E-state index in [9.17, 15) is 0 Å². The van der Waals surface area contributed by atoms with Gasteiger partial charge in [-0.1, -0.05) is 12.1 Å². The number of rotatable bonds is 2. The SMILES string of the molecule is CC1CCNC1c1nc(-c2cscn2)no1. The van der Waals surface area contributed by atoms with Crippen LogP contribution in [0.4, 0.5) is 0 Å². The second-order valence-corrected chi connectivity index (χ2v) is 4.75. The van der Waals surface area contributed by atoms with Gasteiger partial charge in [0.15, 0.2) is 0 Å². The largest absolute Gasteiger partial charge is 0.337 e. The van der Waals surface area contributed by atoms with Crippen molar-refractivity contribution in [3.8, 4) is 11.5 Å². The molecule has 16 heavy (non-hydrogen) atoms. The molecule has 0 amide bonds. The number of nitrogens with one attached hydrogen (secondary N) is 1. The number of thiazole rings is 1. The van der Waals surface area contributed by atoms with E-state index in [2.05, 4.69) is 27.4 Å². The highest BCUT2D eigenvalue weighted by Gasteiger charge is 2.29. The van der Waals surface area contributed by atoms with Crippen molar-refractivity contribution >= 4 is 11.3 Å². The molecule has 1 aliphatic heterocycles. The lowest BCUT2D eigenvalue weighted by molar-refractivity contribution is 0.319. The summed E-state index contributed by atoms with van der Waals surface area (Å²) in [5, 5.41) is 9.24. The van der Waals surface area contributed by atoms with E-state index in [1.165, 1.54) is 11.3 Å². The van der Waals surface area contributed by atoms with Crippen molar-refractivity contribution in [2.24, 2.45) is 5.92 Å². The zero-order valence-electron chi connectivity index (χ0n) is 8.88. The number of hydrogen-bond acceptors (Lipinski definition) is 6. The van der Waals surface area contributed by atoms with Crippen LogP contribution in [0, 0.1) is 5.92 Å². The Morgan fingerprint density at radius 2 is 2.50 bits per heavy atom. The fourth-order valence-electron chi connectivity index (χ4n) is 1.95. The van der Waals surface area contributed by atoms with Gasteiger partial charge in [0.25, 0.3) is 0 Å². The van der Waals surface area contributed by atoms with E-state index in [1.807, 2.05) is 5.38 Å². The van der Waals surface area contributed by atoms with Crippen molar-refractivity contribution in [1.82, 2.24) is 20.4 Å². The second kappa shape index (κ2) is 3.95. The first-order valence-corrected chi connectivity index (χ1v) is 6.24. The van der Waals surface area contributed by atoms with Crippen molar-refractivity contribution in [3.63, 3.8) is 0 Å². The Morgan fingerprint density at radius 1 is 1.56 bits per heavy atom. The average molecular weight is 236 g/mol. The Bertz CT molecular complexity index is 467.